The van der Waals surface area contributed by atoms with E-state index < -0.39 is 0 Å². The summed E-state index contributed by atoms with van der Waals surface area (Å²) < 4.78 is 0. The van der Waals surface area contributed by atoms with E-state index in [9.17, 15) is 10.1 Å². The van der Waals surface area contributed by atoms with E-state index in [0.29, 0.717) is 28.7 Å². The van der Waals surface area contributed by atoms with Crippen molar-refractivity contribution in [2.45, 2.75) is 52.0 Å². The van der Waals surface area contributed by atoms with E-state index in [4.69, 9.17) is 0 Å². The first-order valence-electron chi connectivity index (χ1n) is 9.35. The molecule has 0 bridgehead atoms. The second kappa shape index (κ2) is 10.1. The highest BCUT2D eigenvalue weighted by atomic mass is 32.2. The number of rotatable bonds is 8. The van der Waals surface area contributed by atoms with Gasteiger partial charge in [0.2, 0.25) is 5.91 Å². The van der Waals surface area contributed by atoms with Crippen LogP contribution in [-0.4, -0.2) is 16.6 Å². The van der Waals surface area contributed by atoms with E-state index in [2.05, 4.69) is 37.1 Å². The molecule has 1 heterocycles. The van der Waals surface area contributed by atoms with Crippen LogP contribution in [-0.2, 0) is 17.6 Å². The van der Waals surface area contributed by atoms with Crippen LogP contribution < -0.4 is 5.32 Å². The highest BCUT2D eigenvalue weighted by molar-refractivity contribution is 7.99. The topological polar surface area (TPSA) is 65.8 Å². The zero-order chi connectivity index (χ0) is 19.8. The van der Waals surface area contributed by atoms with E-state index in [0.717, 1.165) is 35.3 Å². The van der Waals surface area contributed by atoms with Crippen LogP contribution in [0, 0.1) is 24.2 Å². The van der Waals surface area contributed by atoms with Crippen molar-refractivity contribution >= 4 is 23.4 Å². The number of amides is 1. The molecular formula is C22H27N3OS. The van der Waals surface area contributed by atoms with Gasteiger partial charge in [0.05, 0.1) is 5.56 Å². The van der Waals surface area contributed by atoms with Crippen LogP contribution in [0.5, 0.6) is 0 Å². The number of anilines is 1. The van der Waals surface area contributed by atoms with Crippen molar-refractivity contribution in [2.24, 2.45) is 5.92 Å². The third-order valence-corrected chi connectivity index (χ3v) is 5.22. The molecule has 0 unspecified atom stereocenters. The molecule has 1 aromatic heterocycles. The molecule has 1 amide bonds. The Balaban J connectivity index is 1.98. The Morgan fingerprint density at radius 1 is 1.30 bits per heavy atom. The fraction of sp³-hybridized carbons (Fsp3) is 0.409. The van der Waals surface area contributed by atoms with Crippen molar-refractivity contribution in [3.05, 3.63) is 52.7 Å². The molecule has 1 N–H and O–H groups in total. The predicted molar refractivity (Wildman–Crippen MR) is 112 cm³/mol. The van der Waals surface area contributed by atoms with E-state index >= 15 is 0 Å². The van der Waals surface area contributed by atoms with Crippen molar-refractivity contribution in [3.63, 3.8) is 0 Å². The summed E-state index contributed by atoms with van der Waals surface area (Å²) >= 11 is 1.47. The molecular weight excluding hydrogens is 354 g/mol. The van der Waals surface area contributed by atoms with Crippen molar-refractivity contribution in [1.82, 2.24) is 4.98 Å². The zero-order valence-electron chi connectivity index (χ0n) is 16.5. The van der Waals surface area contributed by atoms with Gasteiger partial charge in [-0.25, -0.2) is 4.98 Å². The lowest BCUT2D eigenvalue weighted by atomic mass is 10.1. The Labute approximate surface area is 166 Å². The molecule has 2 rings (SSSR count). The average molecular weight is 382 g/mol. The molecule has 0 aliphatic carbocycles. The molecule has 142 valence electrons. The number of hydrogen-bond donors (Lipinski definition) is 1. The molecule has 0 aliphatic heterocycles. The van der Waals surface area contributed by atoms with Gasteiger partial charge in [0.1, 0.15) is 11.1 Å². The molecule has 4 nitrogen and oxygen atoms in total. The molecule has 2 aromatic rings. The second-order valence-electron chi connectivity index (χ2n) is 6.97. The van der Waals surface area contributed by atoms with E-state index in [1.54, 1.807) is 0 Å². The summed E-state index contributed by atoms with van der Waals surface area (Å²) in [5, 5.41) is 13.1. The fourth-order valence-electron chi connectivity index (χ4n) is 2.85. The van der Waals surface area contributed by atoms with Gasteiger partial charge in [0.15, 0.2) is 0 Å². The first-order chi connectivity index (χ1) is 12.9. The highest BCUT2D eigenvalue weighted by Crippen LogP contribution is 2.24. The van der Waals surface area contributed by atoms with Gasteiger partial charge in [0.25, 0.3) is 0 Å². The minimum Gasteiger partial charge on any atom is -0.326 e. The van der Waals surface area contributed by atoms with Crippen molar-refractivity contribution in [1.29, 1.82) is 5.26 Å². The highest BCUT2D eigenvalue weighted by Gasteiger charge is 2.11. The number of carbonyl (C=O) groups excluding carboxylic acids is 1. The molecule has 0 saturated heterocycles. The maximum absolute atomic E-state index is 12.4. The summed E-state index contributed by atoms with van der Waals surface area (Å²) in [5.74, 6) is 1.09. The number of hydrogen-bond acceptors (Lipinski definition) is 4. The molecule has 0 fully saturated rings. The smallest absolute Gasteiger partial charge is 0.225 e. The van der Waals surface area contributed by atoms with Gasteiger partial charge in [-0.2, -0.15) is 5.26 Å². The number of nitrogens with one attached hydrogen (secondary N) is 1. The van der Waals surface area contributed by atoms with Crippen LogP contribution in [0.2, 0.25) is 0 Å². The van der Waals surface area contributed by atoms with Gasteiger partial charge in [-0.05, 0) is 48.9 Å². The first kappa shape index (κ1) is 21.0. The van der Waals surface area contributed by atoms with Crippen LogP contribution >= 0.6 is 11.8 Å². The average Bonchev–Trinajstić information content (AvgIpc) is 2.63. The molecule has 0 aliphatic rings. The second-order valence-corrected chi connectivity index (χ2v) is 8.06. The molecule has 0 saturated carbocycles. The Hall–Kier alpha value is -2.32. The van der Waals surface area contributed by atoms with Crippen LogP contribution in [0.25, 0.3) is 0 Å². The molecule has 0 atom stereocenters. The number of pyridine rings is 1. The van der Waals surface area contributed by atoms with Crippen molar-refractivity contribution < 1.29 is 4.79 Å². The van der Waals surface area contributed by atoms with E-state index in [-0.39, 0.29) is 5.91 Å². The number of aryl methyl sites for hydroxylation is 2. The normalized spacial score (nSPS) is 10.7. The van der Waals surface area contributed by atoms with Crippen LogP contribution in [0.1, 0.15) is 49.6 Å². The lowest BCUT2D eigenvalue weighted by molar-refractivity contribution is -0.115. The van der Waals surface area contributed by atoms with Crippen molar-refractivity contribution in [2.75, 3.05) is 11.1 Å². The molecule has 1 aromatic carbocycles. The Morgan fingerprint density at radius 3 is 2.74 bits per heavy atom. The van der Waals surface area contributed by atoms with Crippen LogP contribution in [0.4, 0.5) is 5.69 Å². The lowest BCUT2D eigenvalue weighted by Gasteiger charge is -2.13. The number of para-hydroxylation sites is 1. The standard InChI is InChI=1S/C22H27N3OS/c1-5-17-8-6-7-16(4)21(17)25-20(26)11-12-27-22-18(14-23)9-10-19(24-22)13-15(2)3/h6-10,15H,5,11-13H2,1-4H3,(H,25,26). The maximum atomic E-state index is 12.4. The summed E-state index contributed by atoms with van der Waals surface area (Å²) in [6, 6.07) is 12.0. The number of benzene rings is 1. The van der Waals surface area contributed by atoms with Crippen LogP contribution in [0.3, 0.4) is 0 Å². The number of aromatic nitrogens is 1. The minimum absolute atomic E-state index is 0.0108. The summed E-state index contributed by atoms with van der Waals surface area (Å²) in [6.45, 7) is 8.38. The summed E-state index contributed by atoms with van der Waals surface area (Å²) in [5.41, 5.74) is 4.70. The summed E-state index contributed by atoms with van der Waals surface area (Å²) in [7, 11) is 0. The Bertz CT molecular complexity index is 840. The van der Waals surface area contributed by atoms with E-state index in [1.807, 2.05) is 37.3 Å². The lowest BCUT2D eigenvalue weighted by Crippen LogP contribution is -2.14. The Kier molecular flexibility index (Phi) is 7.87. The van der Waals surface area contributed by atoms with Crippen LogP contribution in [0.15, 0.2) is 35.4 Å². The van der Waals surface area contributed by atoms with Gasteiger partial charge >= 0.3 is 0 Å². The molecule has 5 heteroatoms. The fourth-order valence-corrected chi connectivity index (χ4v) is 3.78. The third-order valence-electron chi connectivity index (χ3n) is 4.23. The SMILES string of the molecule is CCc1cccc(C)c1NC(=O)CCSc1nc(CC(C)C)ccc1C#N. The number of carbonyl (C=O) groups is 1. The summed E-state index contributed by atoms with van der Waals surface area (Å²) in [6.07, 6.45) is 2.14. The first-order valence-corrected chi connectivity index (χ1v) is 10.3. The third kappa shape index (κ3) is 6.11. The Morgan fingerprint density at radius 2 is 2.07 bits per heavy atom. The van der Waals surface area contributed by atoms with Gasteiger partial charge in [0, 0.05) is 23.6 Å². The number of nitriles is 1. The van der Waals surface area contributed by atoms with Gasteiger partial charge < -0.3 is 5.32 Å². The molecule has 0 radical (unpaired) electrons. The molecule has 27 heavy (non-hydrogen) atoms. The quantitative estimate of drug-likeness (QED) is 0.643. The monoisotopic (exact) mass is 381 g/mol. The zero-order valence-corrected chi connectivity index (χ0v) is 17.3. The van der Waals surface area contributed by atoms with E-state index in [1.165, 1.54) is 11.8 Å². The maximum Gasteiger partial charge on any atom is 0.225 e. The largest absolute Gasteiger partial charge is 0.326 e. The van der Waals surface area contributed by atoms with Crippen molar-refractivity contribution in [3.8, 4) is 6.07 Å². The number of nitrogens with zero attached hydrogens (tertiary/aromatic N) is 2. The van der Waals surface area contributed by atoms with Gasteiger partial charge in [-0.15, -0.1) is 11.8 Å². The molecule has 0 spiro atoms. The summed E-state index contributed by atoms with van der Waals surface area (Å²) in [4.78, 5) is 17.0. The predicted octanol–water partition coefficient (Wildman–Crippen LogP) is 5.14. The van der Waals surface area contributed by atoms with Gasteiger partial charge in [-0.1, -0.05) is 39.0 Å². The minimum atomic E-state index is -0.0108. The van der Waals surface area contributed by atoms with Gasteiger partial charge in [-0.3, -0.25) is 4.79 Å². The number of thioether (sulfide) groups is 1.